The standard InChI is InChI=1S/C34H48BClN2O8/c1-19-16-24-34(7,18-33(19,5)6)46-35(45-24)25(17-20-12-11-13-22(28(20)42-9)31(40)44-32(2,3)4)38-30(39)27(37)21-14-15-23(41-8)29(43-10)26(21)36/h11-15,19,24-25,27H,16-18,37H2,1-10H3,(H,38,39)/t19-,24+,25-,27?,34-/m0/s1. The molecule has 1 saturated carbocycles. The first-order valence-electron chi connectivity index (χ1n) is 15.6. The zero-order valence-electron chi connectivity index (χ0n) is 28.6. The van der Waals surface area contributed by atoms with Gasteiger partial charge in [-0.05, 0) is 76.0 Å². The summed E-state index contributed by atoms with van der Waals surface area (Å²) in [4.78, 5) is 27.0. The Morgan fingerprint density at radius 2 is 1.76 bits per heavy atom. The number of esters is 1. The van der Waals surface area contributed by atoms with Gasteiger partial charge in [-0.25, -0.2) is 4.79 Å². The molecule has 0 bridgehead atoms. The quantitative estimate of drug-likeness (QED) is 0.244. The van der Waals surface area contributed by atoms with E-state index in [2.05, 4.69) is 33.0 Å². The minimum Gasteiger partial charge on any atom is -0.496 e. The van der Waals surface area contributed by atoms with Gasteiger partial charge in [0.2, 0.25) is 5.91 Å². The van der Waals surface area contributed by atoms with Crippen LogP contribution in [0.3, 0.4) is 0 Å². The molecule has 1 amide bonds. The molecule has 3 N–H and O–H groups in total. The van der Waals surface area contributed by atoms with Crippen LogP contribution in [0.2, 0.25) is 5.02 Å². The van der Waals surface area contributed by atoms with Crippen LogP contribution in [-0.2, 0) is 25.3 Å². The number of hydrogen-bond acceptors (Lipinski definition) is 9. The van der Waals surface area contributed by atoms with Crippen LogP contribution in [0.1, 0.15) is 88.8 Å². The molecule has 0 radical (unpaired) electrons. The van der Waals surface area contributed by atoms with Gasteiger partial charge in [-0.3, -0.25) is 4.79 Å². The summed E-state index contributed by atoms with van der Waals surface area (Å²) in [5.74, 6) is -0.268. The molecule has 0 aromatic heterocycles. The van der Waals surface area contributed by atoms with Crippen molar-refractivity contribution in [1.29, 1.82) is 0 Å². The van der Waals surface area contributed by atoms with Gasteiger partial charge in [0.1, 0.15) is 23.0 Å². The summed E-state index contributed by atoms with van der Waals surface area (Å²) >= 11 is 6.62. The second kappa shape index (κ2) is 13.6. The number of carbonyl (C=O) groups is 2. The van der Waals surface area contributed by atoms with Gasteiger partial charge in [0.25, 0.3) is 0 Å². The van der Waals surface area contributed by atoms with Crippen molar-refractivity contribution >= 4 is 30.6 Å². The maximum Gasteiger partial charge on any atom is 0.482 e. The molecule has 2 aliphatic rings. The first kappa shape index (κ1) is 35.9. The highest BCUT2D eigenvalue weighted by molar-refractivity contribution is 6.48. The van der Waals surface area contributed by atoms with Crippen molar-refractivity contribution in [2.24, 2.45) is 17.1 Å². The van der Waals surface area contributed by atoms with Crippen molar-refractivity contribution in [2.45, 2.75) is 97.0 Å². The van der Waals surface area contributed by atoms with Crippen molar-refractivity contribution in [3.05, 3.63) is 52.0 Å². The van der Waals surface area contributed by atoms with Crippen LogP contribution >= 0.6 is 11.6 Å². The summed E-state index contributed by atoms with van der Waals surface area (Å²) in [6, 6.07) is 7.38. The average Bonchev–Trinajstić information content (AvgIpc) is 3.30. The molecule has 1 heterocycles. The fourth-order valence-corrected chi connectivity index (χ4v) is 6.87. The average molecular weight is 659 g/mol. The third-order valence-electron chi connectivity index (χ3n) is 9.22. The van der Waals surface area contributed by atoms with E-state index >= 15 is 0 Å². The largest absolute Gasteiger partial charge is 0.496 e. The number of rotatable bonds is 10. The number of benzene rings is 2. The fraction of sp³-hybridized carbons (Fsp3) is 0.588. The van der Waals surface area contributed by atoms with Crippen LogP contribution in [-0.4, -0.2) is 63.6 Å². The van der Waals surface area contributed by atoms with E-state index in [1.807, 2.05) is 6.07 Å². The number of ether oxygens (including phenoxy) is 4. The highest BCUT2D eigenvalue weighted by Gasteiger charge is 2.57. The Balaban J connectivity index is 1.69. The number of amides is 1. The number of methoxy groups -OCH3 is 3. The summed E-state index contributed by atoms with van der Waals surface area (Å²) in [5, 5.41) is 3.26. The maximum absolute atomic E-state index is 13.9. The van der Waals surface area contributed by atoms with Gasteiger partial charge in [-0.2, -0.15) is 0 Å². The van der Waals surface area contributed by atoms with Gasteiger partial charge in [0.15, 0.2) is 11.5 Å². The van der Waals surface area contributed by atoms with Crippen molar-refractivity contribution < 1.29 is 37.8 Å². The summed E-state index contributed by atoms with van der Waals surface area (Å²) in [5.41, 5.74) is 6.60. The summed E-state index contributed by atoms with van der Waals surface area (Å²) < 4.78 is 35.4. The van der Waals surface area contributed by atoms with E-state index in [0.29, 0.717) is 28.5 Å². The monoisotopic (exact) mass is 658 g/mol. The lowest BCUT2D eigenvalue weighted by Gasteiger charge is -2.47. The van der Waals surface area contributed by atoms with Gasteiger partial charge in [0, 0.05) is 5.56 Å². The van der Waals surface area contributed by atoms with E-state index in [4.69, 9.17) is 45.6 Å². The molecule has 10 nitrogen and oxygen atoms in total. The molecular weight excluding hydrogens is 611 g/mol. The highest BCUT2D eigenvalue weighted by Crippen LogP contribution is 2.51. The highest BCUT2D eigenvalue weighted by atomic mass is 35.5. The lowest BCUT2D eigenvalue weighted by Crippen LogP contribution is -2.52. The zero-order valence-corrected chi connectivity index (χ0v) is 29.4. The van der Waals surface area contributed by atoms with E-state index < -0.39 is 42.2 Å². The molecule has 252 valence electrons. The Labute approximate surface area is 278 Å². The normalized spacial score (nSPS) is 23.6. The van der Waals surface area contributed by atoms with Crippen LogP contribution in [0.25, 0.3) is 0 Å². The van der Waals surface area contributed by atoms with Gasteiger partial charge < -0.3 is 39.3 Å². The summed E-state index contributed by atoms with van der Waals surface area (Å²) in [6.07, 6.45) is 1.66. The van der Waals surface area contributed by atoms with E-state index in [1.54, 1.807) is 45.0 Å². The third kappa shape index (κ3) is 7.43. The lowest BCUT2D eigenvalue weighted by molar-refractivity contribution is -0.122. The van der Waals surface area contributed by atoms with Crippen molar-refractivity contribution in [3.63, 3.8) is 0 Å². The molecule has 5 atom stereocenters. The van der Waals surface area contributed by atoms with Crippen LogP contribution < -0.4 is 25.3 Å². The summed E-state index contributed by atoms with van der Waals surface area (Å²) in [6.45, 7) is 14.2. The Bertz CT molecular complexity index is 1450. The van der Waals surface area contributed by atoms with Crippen molar-refractivity contribution in [1.82, 2.24) is 5.32 Å². The predicted octanol–water partition coefficient (Wildman–Crippen LogP) is 5.71. The lowest BCUT2D eigenvalue weighted by atomic mass is 9.63. The van der Waals surface area contributed by atoms with E-state index in [0.717, 1.165) is 12.8 Å². The molecule has 4 rings (SSSR count). The molecule has 46 heavy (non-hydrogen) atoms. The predicted molar refractivity (Wildman–Crippen MR) is 178 cm³/mol. The number of fused-ring (bicyclic) bond motifs is 1. The number of para-hydroxylation sites is 1. The molecule has 1 unspecified atom stereocenters. The third-order valence-corrected chi connectivity index (χ3v) is 9.61. The number of nitrogens with two attached hydrogens (primary N) is 1. The molecule has 0 spiro atoms. The molecule has 1 saturated heterocycles. The van der Waals surface area contributed by atoms with Crippen LogP contribution in [0.4, 0.5) is 0 Å². The van der Waals surface area contributed by atoms with Crippen LogP contribution in [0.15, 0.2) is 30.3 Å². The molecule has 2 aromatic carbocycles. The van der Waals surface area contributed by atoms with Gasteiger partial charge in [-0.1, -0.05) is 50.6 Å². The second-order valence-corrected chi connectivity index (χ2v) is 14.6. The molecule has 2 aromatic rings. The minimum absolute atomic E-state index is 0.0414. The van der Waals surface area contributed by atoms with E-state index in [9.17, 15) is 9.59 Å². The number of hydrogen-bond donors (Lipinski definition) is 2. The zero-order chi connectivity index (χ0) is 34.2. The molecule has 1 aliphatic carbocycles. The van der Waals surface area contributed by atoms with E-state index in [1.165, 1.54) is 21.3 Å². The number of halogens is 1. The van der Waals surface area contributed by atoms with Crippen molar-refractivity contribution in [2.75, 3.05) is 21.3 Å². The topological polar surface area (TPSA) is 128 Å². The Morgan fingerprint density at radius 1 is 1.09 bits per heavy atom. The minimum atomic E-state index is -1.15. The number of nitrogens with one attached hydrogen (secondary N) is 1. The maximum atomic E-state index is 13.9. The first-order chi connectivity index (χ1) is 21.4. The van der Waals surface area contributed by atoms with Crippen molar-refractivity contribution in [3.8, 4) is 17.2 Å². The van der Waals surface area contributed by atoms with Gasteiger partial charge >= 0.3 is 13.1 Å². The molecule has 1 aliphatic heterocycles. The van der Waals surface area contributed by atoms with Crippen LogP contribution in [0.5, 0.6) is 17.2 Å². The van der Waals surface area contributed by atoms with Gasteiger partial charge in [0.05, 0.1) is 44.0 Å². The van der Waals surface area contributed by atoms with Crippen LogP contribution in [0, 0.1) is 11.3 Å². The molecule has 2 fully saturated rings. The SMILES string of the molecule is COc1ccc(C(N)C(=O)N[C@@H](Cc2cccc(C(=O)OC(C)(C)C)c2OC)B2O[C@@H]3C[C@H](C)C(C)(C)C[C@]3(C)O2)c(Cl)c1OC. The Morgan fingerprint density at radius 3 is 2.37 bits per heavy atom. The second-order valence-electron chi connectivity index (χ2n) is 14.2. The smallest absolute Gasteiger partial charge is 0.482 e. The van der Waals surface area contributed by atoms with Gasteiger partial charge in [-0.15, -0.1) is 0 Å². The fourth-order valence-electron chi connectivity index (χ4n) is 6.52. The Hall–Kier alpha value is -2.99. The van der Waals surface area contributed by atoms with E-state index in [-0.39, 0.29) is 34.3 Å². The molecule has 12 heteroatoms. The summed E-state index contributed by atoms with van der Waals surface area (Å²) in [7, 11) is 3.66. The number of carbonyl (C=O) groups excluding carboxylic acids is 2. The molecular formula is C34H48BClN2O8. The first-order valence-corrected chi connectivity index (χ1v) is 16.0. The Kier molecular flexibility index (Phi) is 10.6.